The highest BCUT2D eigenvalue weighted by Crippen LogP contribution is 2.09. The molecule has 2 N–H and O–H groups in total. The van der Waals surface area contributed by atoms with Crippen molar-refractivity contribution < 1.29 is 14.6 Å². The van der Waals surface area contributed by atoms with E-state index in [9.17, 15) is 4.79 Å². The quantitative estimate of drug-likeness (QED) is 0.636. The lowest BCUT2D eigenvalue weighted by molar-refractivity contribution is -0.141. The van der Waals surface area contributed by atoms with Crippen LogP contribution in [-0.2, 0) is 9.53 Å². The predicted molar refractivity (Wildman–Crippen MR) is 64.6 cm³/mol. The van der Waals surface area contributed by atoms with Crippen LogP contribution < -0.4 is 5.32 Å². The number of nitrogens with one attached hydrogen (secondary N) is 1. The number of methoxy groups -OCH3 is 1. The number of carbonyl (C=O) groups is 1. The standard InChI is InChI=1S/C12H25NO3/c1-9(12(14)15)6-5-7-10(2)13-8-11(3)16-4/h9-11,13H,5-8H2,1-4H3,(H,14,15). The molecule has 0 aliphatic rings. The molecule has 0 aliphatic carbocycles. The zero-order valence-electron chi connectivity index (χ0n) is 10.8. The summed E-state index contributed by atoms with van der Waals surface area (Å²) in [5.41, 5.74) is 0. The zero-order valence-corrected chi connectivity index (χ0v) is 10.8. The Morgan fingerprint density at radius 2 is 1.94 bits per heavy atom. The second-order valence-corrected chi connectivity index (χ2v) is 4.53. The maximum absolute atomic E-state index is 10.6. The van der Waals surface area contributed by atoms with E-state index in [1.807, 2.05) is 6.92 Å². The summed E-state index contributed by atoms with van der Waals surface area (Å²) in [6, 6.07) is 0.415. The van der Waals surface area contributed by atoms with E-state index in [-0.39, 0.29) is 12.0 Å². The summed E-state index contributed by atoms with van der Waals surface area (Å²) < 4.78 is 5.13. The molecule has 3 unspecified atom stereocenters. The number of aliphatic carboxylic acids is 1. The summed E-state index contributed by atoms with van der Waals surface area (Å²) in [6.07, 6.45) is 2.93. The first-order chi connectivity index (χ1) is 7.47. The topological polar surface area (TPSA) is 58.6 Å². The smallest absolute Gasteiger partial charge is 0.306 e. The van der Waals surface area contributed by atoms with Crippen LogP contribution >= 0.6 is 0 Å². The molecule has 0 spiro atoms. The minimum absolute atomic E-state index is 0.223. The fourth-order valence-corrected chi connectivity index (χ4v) is 1.41. The Labute approximate surface area is 98.4 Å². The Kier molecular flexibility index (Phi) is 8.21. The molecular formula is C12H25NO3. The lowest BCUT2D eigenvalue weighted by atomic mass is 10.0. The maximum atomic E-state index is 10.6. The van der Waals surface area contributed by atoms with Crippen molar-refractivity contribution in [2.75, 3.05) is 13.7 Å². The van der Waals surface area contributed by atoms with E-state index < -0.39 is 5.97 Å². The monoisotopic (exact) mass is 231 g/mol. The van der Waals surface area contributed by atoms with Gasteiger partial charge in [0.05, 0.1) is 12.0 Å². The van der Waals surface area contributed by atoms with E-state index in [0.717, 1.165) is 25.8 Å². The van der Waals surface area contributed by atoms with E-state index in [1.54, 1.807) is 14.0 Å². The molecule has 0 aliphatic heterocycles. The molecule has 0 saturated carbocycles. The summed E-state index contributed by atoms with van der Waals surface area (Å²) >= 11 is 0. The van der Waals surface area contributed by atoms with Crippen molar-refractivity contribution in [2.45, 2.75) is 52.2 Å². The maximum Gasteiger partial charge on any atom is 0.306 e. The van der Waals surface area contributed by atoms with E-state index in [2.05, 4.69) is 12.2 Å². The van der Waals surface area contributed by atoms with Crippen LogP contribution in [0.1, 0.15) is 40.0 Å². The van der Waals surface area contributed by atoms with Crippen LogP contribution in [-0.4, -0.2) is 36.9 Å². The second kappa shape index (κ2) is 8.53. The highest BCUT2D eigenvalue weighted by atomic mass is 16.5. The molecule has 4 nitrogen and oxygen atoms in total. The lowest BCUT2D eigenvalue weighted by Gasteiger charge is -2.17. The molecule has 4 heteroatoms. The third-order valence-electron chi connectivity index (χ3n) is 2.85. The summed E-state index contributed by atoms with van der Waals surface area (Å²) in [7, 11) is 1.70. The van der Waals surface area contributed by atoms with Crippen molar-refractivity contribution in [3.05, 3.63) is 0 Å². The Hall–Kier alpha value is -0.610. The Morgan fingerprint density at radius 1 is 1.31 bits per heavy atom. The summed E-state index contributed by atoms with van der Waals surface area (Å²) in [5, 5.41) is 12.1. The summed E-state index contributed by atoms with van der Waals surface area (Å²) in [6.45, 7) is 6.74. The molecule has 0 aromatic carbocycles. The van der Waals surface area contributed by atoms with E-state index in [1.165, 1.54) is 0 Å². The molecule has 16 heavy (non-hydrogen) atoms. The first-order valence-electron chi connectivity index (χ1n) is 5.96. The van der Waals surface area contributed by atoms with Gasteiger partial charge in [0.25, 0.3) is 0 Å². The molecule has 0 heterocycles. The van der Waals surface area contributed by atoms with Gasteiger partial charge in [-0.3, -0.25) is 4.79 Å². The van der Waals surface area contributed by atoms with Crippen LogP contribution in [0.15, 0.2) is 0 Å². The van der Waals surface area contributed by atoms with Crippen molar-refractivity contribution >= 4 is 5.97 Å². The van der Waals surface area contributed by atoms with Crippen molar-refractivity contribution in [1.82, 2.24) is 5.32 Å². The van der Waals surface area contributed by atoms with Gasteiger partial charge in [-0.2, -0.15) is 0 Å². The molecule has 0 amide bonds. The van der Waals surface area contributed by atoms with E-state index in [4.69, 9.17) is 9.84 Å². The minimum Gasteiger partial charge on any atom is -0.481 e. The van der Waals surface area contributed by atoms with Gasteiger partial charge in [0.15, 0.2) is 0 Å². The molecular weight excluding hydrogens is 206 g/mol. The van der Waals surface area contributed by atoms with Crippen molar-refractivity contribution in [1.29, 1.82) is 0 Å². The highest BCUT2D eigenvalue weighted by molar-refractivity contribution is 5.69. The molecule has 0 fully saturated rings. The van der Waals surface area contributed by atoms with Gasteiger partial charge in [-0.1, -0.05) is 13.3 Å². The Balaban J connectivity index is 3.50. The Morgan fingerprint density at radius 3 is 2.44 bits per heavy atom. The normalized spacial score (nSPS) is 16.8. The van der Waals surface area contributed by atoms with Crippen molar-refractivity contribution in [2.24, 2.45) is 5.92 Å². The van der Waals surface area contributed by atoms with E-state index in [0.29, 0.717) is 6.04 Å². The van der Waals surface area contributed by atoms with Crippen LogP contribution in [0.5, 0.6) is 0 Å². The van der Waals surface area contributed by atoms with Gasteiger partial charge >= 0.3 is 5.97 Å². The van der Waals surface area contributed by atoms with Gasteiger partial charge in [0, 0.05) is 19.7 Å². The predicted octanol–water partition coefficient (Wildman–Crippen LogP) is 1.89. The number of ether oxygens (including phenoxy) is 1. The van der Waals surface area contributed by atoms with Crippen LogP contribution in [0.25, 0.3) is 0 Å². The van der Waals surface area contributed by atoms with Crippen LogP contribution in [0.2, 0.25) is 0 Å². The zero-order chi connectivity index (χ0) is 12.6. The van der Waals surface area contributed by atoms with Crippen molar-refractivity contribution in [3.8, 4) is 0 Å². The third-order valence-corrected chi connectivity index (χ3v) is 2.85. The van der Waals surface area contributed by atoms with Gasteiger partial charge in [-0.15, -0.1) is 0 Å². The van der Waals surface area contributed by atoms with Crippen LogP contribution in [0.4, 0.5) is 0 Å². The van der Waals surface area contributed by atoms with Crippen LogP contribution in [0.3, 0.4) is 0 Å². The highest BCUT2D eigenvalue weighted by Gasteiger charge is 2.11. The SMILES string of the molecule is COC(C)CNC(C)CCCC(C)C(=O)O. The number of carboxylic acids is 1. The average molecular weight is 231 g/mol. The number of rotatable bonds is 9. The number of hydrogen-bond donors (Lipinski definition) is 2. The molecule has 0 saturated heterocycles. The first kappa shape index (κ1) is 15.4. The largest absolute Gasteiger partial charge is 0.481 e. The number of carboxylic acid groups (broad SMARTS) is 1. The Bertz CT molecular complexity index is 197. The van der Waals surface area contributed by atoms with Gasteiger partial charge in [-0.05, 0) is 26.7 Å². The molecule has 3 atom stereocenters. The van der Waals surface area contributed by atoms with E-state index >= 15 is 0 Å². The molecule has 0 rings (SSSR count). The lowest BCUT2D eigenvalue weighted by Crippen LogP contribution is -2.33. The molecule has 0 bridgehead atoms. The van der Waals surface area contributed by atoms with Gasteiger partial charge in [-0.25, -0.2) is 0 Å². The first-order valence-corrected chi connectivity index (χ1v) is 5.96. The van der Waals surface area contributed by atoms with Gasteiger partial charge in [0.1, 0.15) is 0 Å². The summed E-state index contributed by atoms with van der Waals surface area (Å²) in [4.78, 5) is 10.6. The fraction of sp³-hybridized carbons (Fsp3) is 0.917. The number of hydrogen-bond acceptors (Lipinski definition) is 3. The van der Waals surface area contributed by atoms with Gasteiger partial charge in [0.2, 0.25) is 0 Å². The minimum atomic E-state index is -0.700. The molecule has 0 aromatic rings. The second-order valence-electron chi connectivity index (χ2n) is 4.53. The van der Waals surface area contributed by atoms with Gasteiger partial charge < -0.3 is 15.2 Å². The summed E-state index contributed by atoms with van der Waals surface area (Å²) in [5.74, 6) is -0.932. The molecule has 0 radical (unpaired) electrons. The third kappa shape index (κ3) is 7.65. The van der Waals surface area contributed by atoms with Crippen LogP contribution in [0, 0.1) is 5.92 Å². The molecule has 0 aromatic heterocycles. The fourth-order valence-electron chi connectivity index (χ4n) is 1.41. The average Bonchev–Trinajstić information content (AvgIpc) is 2.25. The molecule has 96 valence electrons. The van der Waals surface area contributed by atoms with Crippen molar-refractivity contribution in [3.63, 3.8) is 0 Å².